The summed E-state index contributed by atoms with van der Waals surface area (Å²) < 4.78 is 0. The largest absolute Gasteiger partial charge is 0.397 e. The van der Waals surface area contributed by atoms with Crippen molar-refractivity contribution in [3.63, 3.8) is 0 Å². The number of benzene rings is 1. The molecule has 0 unspecified atom stereocenters. The molecule has 0 aliphatic carbocycles. The summed E-state index contributed by atoms with van der Waals surface area (Å²) in [5.74, 6) is 0. The molecule has 0 atom stereocenters. The molecule has 0 heterocycles. The first kappa shape index (κ1) is 22.1. The van der Waals surface area contributed by atoms with Gasteiger partial charge in [-0.05, 0) is 45.4 Å². The lowest BCUT2D eigenvalue weighted by Gasteiger charge is -2.37. The van der Waals surface area contributed by atoms with Crippen LogP contribution in [0.5, 0.6) is 0 Å². The van der Waals surface area contributed by atoms with Crippen molar-refractivity contribution in [2.24, 2.45) is 0 Å². The topological polar surface area (TPSA) is 40.5 Å². The number of hydrogen-bond acceptors (Lipinski definition) is 2. The standard InChI is InChI=1S/C19H32O.C2H6O/c1-17(2,3)14-11-10-13(12-20)15(18(4,5)6)16(14)19(7,8)9;1-2-3/h10-11,20H,12H2,1-9H3;3H,2H2,1H3. The molecule has 0 spiro atoms. The maximum Gasteiger partial charge on any atom is 0.0684 e. The van der Waals surface area contributed by atoms with Crippen LogP contribution in [0, 0.1) is 0 Å². The van der Waals surface area contributed by atoms with Gasteiger partial charge in [-0.3, -0.25) is 0 Å². The van der Waals surface area contributed by atoms with E-state index in [1.165, 1.54) is 16.7 Å². The van der Waals surface area contributed by atoms with Crippen molar-refractivity contribution in [2.75, 3.05) is 6.61 Å². The van der Waals surface area contributed by atoms with E-state index in [1.807, 2.05) is 0 Å². The Morgan fingerprint density at radius 1 is 0.696 bits per heavy atom. The zero-order chi connectivity index (χ0) is 18.6. The summed E-state index contributed by atoms with van der Waals surface area (Å²) >= 11 is 0. The minimum Gasteiger partial charge on any atom is -0.397 e. The molecule has 0 amide bonds. The molecule has 1 aromatic carbocycles. The van der Waals surface area contributed by atoms with Crippen LogP contribution in [0.1, 0.15) is 91.5 Å². The fourth-order valence-electron chi connectivity index (χ4n) is 3.04. The fraction of sp³-hybridized carbons (Fsp3) is 0.714. The first-order valence-corrected chi connectivity index (χ1v) is 8.60. The third-order valence-corrected chi connectivity index (χ3v) is 3.77. The molecule has 0 aliphatic rings. The molecule has 1 rings (SSSR count). The summed E-state index contributed by atoms with van der Waals surface area (Å²) in [5.41, 5.74) is 5.39. The van der Waals surface area contributed by atoms with Gasteiger partial charge in [0.1, 0.15) is 0 Å². The van der Waals surface area contributed by atoms with Gasteiger partial charge in [-0.1, -0.05) is 74.4 Å². The number of aliphatic hydroxyl groups excluding tert-OH is 2. The van der Waals surface area contributed by atoms with Gasteiger partial charge in [0.15, 0.2) is 0 Å². The third-order valence-electron chi connectivity index (χ3n) is 3.77. The molecule has 0 aromatic heterocycles. The average molecular weight is 323 g/mol. The van der Waals surface area contributed by atoms with Crippen LogP contribution in [0.2, 0.25) is 0 Å². The summed E-state index contributed by atoms with van der Waals surface area (Å²) in [4.78, 5) is 0. The molecule has 2 heteroatoms. The number of aliphatic hydroxyl groups is 2. The Hall–Kier alpha value is -0.860. The van der Waals surface area contributed by atoms with Crippen molar-refractivity contribution in [3.05, 3.63) is 34.4 Å². The zero-order valence-electron chi connectivity index (χ0n) is 17.0. The van der Waals surface area contributed by atoms with Crippen molar-refractivity contribution >= 4 is 0 Å². The second-order valence-corrected chi connectivity index (χ2v) is 9.25. The highest BCUT2D eigenvalue weighted by molar-refractivity contribution is 5.50. The van der Waals surface area contributed by atoms with Gasteiger partial charge in [-0.15, -0.1) is 0 Å². The molecule has 0 saturated heterocycles. The van der Waals surface area contributed by atoms with Crippen molar-refractivity contribution in [2.45, 2.75) is 92.1 Å². The van der Waals surface area contributed by atoms with E-state index in [-0.39, 0.29) is 29.5 Å². The molecular formula is C21H38O2. The molecule has 2 nitrogen and oxygen atoms in total. The summed E-state index contributed by atoms with van der Waals surface area (Å²) in [6.07, 6.45) is 0. The van der Waals surface area contributed by atoms with Crippen LogP contribution in [-0.2, 0) is 22.9 Å². The number of rotatable bonds is 1. The monoisotopic (exact) mass is 322 g/mol. The van der Waals surface area contributed by atoms with Crippen molar-refractivity contribution in [3.8, 4) is 0 Å². The summed E-state index contributed by atoms with van der Waals surface area (Å²) in [5, 5.41) is 17.3. The van der Waals surface area contributed by atoms with Gasteiger partial charge < -0.3 is 10.2 Å². The van der Waals surface area contributed by atoms with Gasteiger partial charge in [0.05, 0.1) is 6.61 Å². The summed E-state index contributed by atoms with van der Waals surface area (Å²) in [6, 6.07) is 4.32. The fourth-order valence-corrected chi connectivity index (χ4v) is 3.04. The van der Waals surface area contributed by atoms with E-state index in [2.05, 4.69) is 74.4 Å². The van der Waals surface area contributed by atoms with Crippen LogP contribution in [0.15, 0.2) is 12.1 Å². The first-order valence-electron chi connectivity index (χ1n) is 8.60. The summed E-state index contributed by atoms with van der Waals surface area (Å²) in [7, 11) is 0. The molecule has 0 bridgehead atoms. The second kappa shape index (κ2) is 7.81. The molecule has 23 heavy (non-hydrogen) atoms. The van der Waals surface area contributed by atoms with E-state index >= 15 is 0 Å². The Kier molecular flexibility index (Phi) is 7.52. The van der Waals surface area contributed by atoms with E-state index in [4.69, 9.17) is 5.11 Å². The minimum atomic E-state index is 0.0297. The van der Waals surface area contributed by atoms with Gasteiger partial charge in [-0.25, -0.2) is 0 Å². The maximum absolute atomic E-state index is 9.77. The Morgan fingerprint density at radius 2 is 1.09 bits per heavy atom. The molecule has 2 N–H and O–H groups in total. The van der Waals surface area contributed by atoms with E-state index in [9.17, 15) is 5.11 Å². The number of hydrogen-bond donors (Lipinski definition) is 2. The quantitative estimate of drug-likeness (QED) is 0.758. The van der Waals surface area contributed by atoms with E-state index in [0.717, 1.165) is 5.56 Å². The average Bonchev–Trinajstić information content (AvgIpc) is 2.34. The molecule has 0 saturated carbocycles. The smallest absolute Gasteiger partial charge is 0.0684 e. The lowest BCUT2D eigenvalue weighted by molar-refractivity contribution is 0.277. The molecule has 0 fully saturated rings. The lowest BCUT2D eigenvalue weighted by atomic mass is 9.67. The Balaban J connectivity index is 0.00000149. The lowest BCUT2D eigenvalue weighted by Crippen LogP contribution is -2.29. The predicted octanol–water partition coefficient (Wildman–Crippen LogP) is 5.07. The van der Waals surface area contributed by atoms with Gasteiger partial charge in [0.25, 0.3) is 0 Å². The van der Waals surface area contributed by atoms with Crippen LogP contribution < -0.4 is 0 Å². The van der Waals surface area contributed by atoms with E-state index in [0.29, 0.717) is 0 Å². The van der Waals surface area contributed by atoms with Crippen molar-refractivity contribution in [1.29, 1.82) is 0 Å². The molecular weight excluding hydrogens is 284 g/mol. The highest BCUT2D eigenvalue weighted by atomic mass is 16.3. The maximum atomic E-state index is 9.77. The summed E-state index contributed by atoms with van der Waals surface area (Å²) in [6.45, 7) is 22.4. The van der Waals surface area contributed by atoms with Gasteiger partial charge in [0, 0.05) is 6.61 Å². The molecule has 134 valence electrons. The van der Waals surface area contributed by atoms with Crippen LogP contribution in [-0.4, -0.2) is 16.8 Å². The second-order valence-electron chi connectivity index (χ2n) is 9.25. The molecule has 0 aliphatic heterocycles. The molecule has 1 aromatic rings. The first-order chi connectivity index (χ1) is 10.2. The Morgan fingerprint density at radius 3 is 1.35 bits per heavy atom. The normalized spacial score (nSPS) is 12.7. The van der Waals surface area contributed by atoms with Crippen molar-refractivity contribution < 1.29 is 10.2 Å². The highest BCUT2D eigenvalue weighted by Gasteiger charge is 2.33. The van der Waals surface area contributed by atoms with Gasteiger partial charge in [-0.2, -0.15) is 0 Å². The van der Waals surface area contributed by atoms with E-state index in [1.54, 1.807) is 6.92 Å². The van der Waals surface area contributed by atoms with Crippen LogP contribution in [0.3, 0.4) is 0 Å². The van der Waals surface area contributed by atoms with Gasteiger partial charge >= 0.3 is 0 Å². The Bertz CT molecular complexity index is 494. The predicted molar refractivity (Wildman–Crippen MR) is 101 cm³/mol. The van der Waals surface area contributed by atoms with Crippen molar-refractivity contribution in [1.82, 2.24) is 0 Å². The molecule has 0 radical (unpaired) electrons. The Labute approximate surface area is 143 Å². The van der Waals surface area contributed by atoms with E-state index < -0.39 is 0 Å². The minimum absolute atomic E-state index is 0.0297. The van der Waals surface area contributed by atoms with Crippen LogP contribution in [0.25, 0.3) is 0 Å². The van der Waals surface area contributed by atoms with Crippen LogP contribution >= 0.6 is 0 Å². The van der Waals surface area contributed by atoms with Crippen LogP contribution in [0.4, 0.5) is 0 Å². The zero-order valence-corrected chi connectivity index (χ0v) is 17.0. The van der Waals surface area contributed by atoms with Gasteiger partial charge in [0.2, 0.25) is 0 Å². The SMILES string of the molecule is CC(C)(C)c1ccc(CO)c(C(C)(C)C)c1C(C)(C)C.CCO. The third kappa shape index (κ3) is 5.93. The highest BCUT2D eigenvalue weighted by Crippen LogP contribution is 2.42.